The minimum atomic E-state index is -0.397. The van der Waals surface area contributed by atoms with E-state index in [4.69, 9.17) is 0 Å². The van der Waals surface area contributed by atoms with Gasteiger partial charge in [-0.2, -0.15) is 0 Å². The van der Waals surface area contributed by atoms with Gasteiger partial charge < -0.3 is 4.74 Å². The van der Waals surface area contributed by atoms with Crippen molar-refractivity contribution in [2.24, 2.45) is 0 Å². The van der Waals surface area contributed by atoms with E-state index in [1.165, 1.54) is 0 Å². The average molecular weight is 96.1 g/mol. The number of carbonyl (C=O) groups is 1. The summed E-state index contributed by atoms with van der Waals surface area (Å²) in [5.41, 5.74) is 0. The Morgan fingerprint density at radius 2 is 2.57 bits per heavy atom. The minimum absolute atomic E-state index is 0.397. The Morgan fingerprint density at radius 1 is 1.71 bits per heavy atom. The summed E-state index contributed by atoms with van der Waals surface area (Å²) in [6, 6.07) is 0. The molecule has 0 amide bonds. The van der Waals surface area contributed by atoms with Gasteiger partial charge in [0.25, 0.3) is 0 Å². The smallest absolute Gasteiger partial charge is 0.384 e. The van der Waals surface area contributed by atoms with Crippen LogP contribution in [0, 0.1) is 11.8 Å². The fourth-order valence-electron chi connectivity index (χ4n) is 0.366. The molecular formula is C5H4O2. The third-order valence-corrected chi connectivity index (χ3v) is 0.651. The average Bonchev–Trinajstić information content (AvgIpc) is 1.69. The lowest BCUT2D eigenvalue weighted by molar-refractivity contribution is -0.137. The first-order valence-corrected chi connectivity index (χ1v) is 2.05. The second kappa shape index (κ2) is 1.65. The molecule has 7 heavy (non-hydrogen) atoms. The first-order chi connectivity index (χ1) is 3.39. The Balaban J connectivity index is 2.62. The number of carbonyl (C=O) groups excluding carboxylic acids is 1. The molecule has 0 aromatic heterocycles. The van der Waals surface area contributed by atoms with Crippen molar-refractivity contribution in [1.29, 1.82) is 0 Å². The summed E-state index contributed by atoms with van der Waals surface area (Å²) in [6.45, 7) is 0.464. The molecule has 0 atom stereocenters. The summed E-state index contributed by atoms with van der Waals surface area (Å²) in [5, 5.41) is 0. The van der Waals surface area contributed by atoms with E-state index in [0.29, 0.717) is 13.0 Å². The molecule has 36 valence electrons. The SMILES string of the molecule is O=C1C#CCCO1. The molecule has 0 bridgehead atoms. The Kier molecular flexibility index (Phi) is 0.991. The summed E-state index contributed by atoms with van der Waals surface area (Å²) in [7, 11) is 0. The highest BCUT2D eigenvalue weighted by molar-refractivity contribution is 5.88. The molecule has 0 aromatic rings. The van der Waals surface area contributed by atoms with E-state index >= 15 is 0 Å². The maximum atomic E-state index is 10.1. The third kappa shape index (κ3) is 0.934. The molecular weight excluding hydrogens is 92.1 g/mol. The zero-order valence-corrected chi connectivity index (χ0v) is 3.73. The van der Waals surface area contributed by atoms with Gasteiger partial charge in [-0.1, -0.05) is 5.92 Å². The van der Waals surface area contributed by atoms with Gasteiger partial charge in [-0.05, 0) is 0 Å². The van der Waals surface area contributed by atoms with Crippen molar-refractivity contribution in [2.75, 3.05) is 6.61 Å². The van der Waals surface area contributed by atoms with E-state index in [-0.39, 0.29) is 0 Å². The fraction of sp³-hybridized carbons (Fsp3) is 0.400. The van der Waals surface area contributed by atoms with Gasteiger partial charge in [0, 0.05) is 12.3 Å². The number of cyclic esters (lactones) is 1. The fourth-order valence-corrected chi connectivity index (χ4v) is 0.366. The van der Waals surface area contributed by atoms with E-state index in [1.807, 2.05) is 0 Å². The maximum Gasteiger partial charge on any atom is 0.384 e. The van der Waals surface area contributed by atoms with Gasteiger partial charge in [-0.15, -0.1) is 0 Å². The van der Waals surface area contributed by atoms with E-state index in [0.717, 1.165) is 0 Å². The van der Waals surface area contributed by atoms with E-state index in [2.05, 4.69) is 16.6 Å². The topological polar surface area (TPSA) is 26.3 Å². The van der Waals surface area contributed by atoms with Crippen molar-refractivity contribution in [1.82, 2.24) is 0 Å². The number of ether oxygens (including phenoxy) is 1. The lowest BCUT2D eigenvalue weighted by Crippen LogP contribution is -2.05. The molecule has 1 aliphatic rings. The summed E-state index contributed by atoms with van der Waals surface area (Å²) in [6.07, 6.45) is 0.686. The van der Waals surface area contributed by atoms with Crippen molar-refractivity contribution < 1.29 is 9.53 Å². The molecule has 0 saturated heterocycles. The zero-order valence-electron chi connectivity index (χ0n) is 3.73. The highest BCUT2D eigenvalue weighted by Gasteiger charge is 1.97. The number of esters is 1. The molecule has 0 aromatic carbocycles. The van der Waals surface area contributed by atoms with E-state index < -0.39 is 5.97 Å². The normalized spacial score (nSPS) is 16.9. The van der Waals surface area contributed by atoms with Crippen molar-refractivity contribution in [3.63, 3.8) is 0 Å². The van der Waals surface area contributed by atoms with E-state index in [1.54, 1.807) is 0 Å². The van der Waals surface area contributed by atoms with Crippen LogP contribution in [-0.4, -0.2) is 12.6 Å². The number of rotatable bonds is 0. The Labute approximate surface area is 41.5 Å². The molecule has 1 rings (SSSR count). The predicted molar refractivity (Wildman–Crippen MR) is 23.4 cm³/mol. The predicted octanol–water partition coefficient (Wildman–Crippen LogP) is -0.0633. The van der Waals surface area contributed by atoms with Crippen molar-refractivity contribution >= 4 is 5.97 Å². The third-order valence-electron chi connectivity index (χ3n) is 0.651. The summed E-state index contributed by atoms with van der Waals surface area (Å²) in [4.78, 5) is 10.1. The Bertz CT molecular complexity index is 138. The summed E-state index contributed by atoms with van der Waals surface area (Å²) in [5.74, 6) is 4.48. The van der Waals surface area contributed by atoms with Gasteiger partial charge in [0.15, 0.2) is 0 Å². The molecule has 0 aliphatic carbocycles. The molecule has 1 aliphatic heterocycles. The van der Waals surface area contributed by atoms with Crippen LogP contribution in [-0.2, 0) is 9.53 Å². The second-order valence-electron chi connectivity index (χ2n) is 1.19. The van der Waals surface area contributed by atoms with Gasteiger partial charge in [0.1, 0.15) is 6.61 Å². The lowest BCUT2D eigenvalue weighted by Gasteiger charge is -1.97. The standard InChI is InChI=1S/C5H4O2/c6-5-3-1-2-4-7-5/h2,4H2. The molecule has 0 spiro atoms. The highest BCUT2D eigenvalue weighted by Crippen LogP contribution is 1.86. The molecule has 1 heterocycles. The number of hydrogen-bond acceptors (Lipinski definition) is 2. The van der Waals surface area contributed by atoms with Crippen molar-refractivity contribution in [2.45, 2.75) is 6.42 Å². The van der Waals surface area contributed by atoms with Crippen molar-refractivity contribution in [3.8, 4) is 11.8 Å². The first kappa shape index (κ1) is 4.20. The molecule has 2 heteroatoms. The quantitative estimate of drug-likeness (QED) is 0.240. The lowest BCUT2D eigenvalue weighted by atomic mass is 10.4. The molecule has 0 saturated carbocycles. The zero-order chi connectivity index (χ0) is 5.11. The minimum Gasteiger partial charge on any atom is -0.455 e. The van der Waals surface area contributed by atoms with Crippen LogP contribution in [0.25, 0.3) is 0 Å². The Morgan fingerprint density at radius 3 is 2.86 bits per heavy atom. The monoisotopic (exact) mass is 96.0 g/mol. The maximum absolute atomic E-state index is 10.1. The summed E-state index contributed by atoms with van der Waals surface area (Å²) < 4.78 is 4.47. The van der Waals surface area contributed by atoms with Gasteiger partial charge in [-0.25, -0.2) is 4.79 Å². The van der Waals surface area contributed by atoms with Gasteiger partial charge in [0.05, 0.1) is 0 Å². The second-order valence-corrected chi connectivity index (χ2v) is 1.19. The molecule has 0 radical (unpaired) electrons. The van der Waals surface area contributed by atoms with Crippen LogP contribution < -0.4 is 0 Å². The van der Waals surface area contributed by atoms with Gasteiger partial charge >= 0.3 is 5.97 Å². The van der Waals surface area contributed by atoms with Crippen LogP contribution in [0.1, 0.15) is 6.42 Å². The van der Waals surface area contributed by atoms with Crippen molar-refractivity contribution in [3.05, 3.63) is 0 Å². The largest absolute Gasteiger partial charge is 0.455 e. The van der Waals surface area contributed by atoms with Crippen LogP contribution in [0.3, 0.4) is 0 Å². The van der Waals surface area contributed by atoms with Crippen LogP contribution >= 0.6 is 0 Å². The highest BCUT2D eigenvalue weighted by atomic mass is 16.5. The molecule has 0 N–H and O–H groups in total. The van der Waals surface area contributed by atoms with Crippen LogP contribution in [0.15, 0.2) is 0 Å². The van der Waals surface area contributed by atoms with Gasteiger partial charge in [0.2, 0.25) is 0 Å². The van der Waals surface area contributed by atoms with Crippen LogP contribution in [0.5, 0.6) is 0 Å². The Hall–Kier alpha value is -0.970. The van der Waals surface area contributed by atoms with Crippen LogP contribution in [0.2, 0.25) is 0 Å². The van der Waals surface area contributed by atoms with Gasteiger partial charge in [-0.3, -0.25) is 0 Å². The van der Waals surface area contributed by atoms with Crippen LogP contribution in [0.4, 0.5) is 0 Å². The molecule has 0 unspecified atom stereocenters. The summed E-state index contributed by atoms with van der Waals surface area (Å²) >= 11 is 0. The van der Waals surface area contributed by atoms with E-state index in [9.17, 15) is 4.79 Å². The number of hydrogen-bond donors (Lipinski definition) is 0. The molecule has 0 fully saturated rings. The first-order valence-electron chi connectivity index (χ1n) is 2.05. The molecule has 2 nitrogen and oxygen atoms in total.